The molecule has 0 bridgehead atoms. The van der Waals surface area contributed by atoms with Gasteiger partial charge in [-0.3, -0.25) is 9.80 Å². The molecule has 0 N–H and O–H groups in total. The van der Waals surface area contributed by atoms with Crippen molar-refractivity contribution in [3.8, 4) is 17.6 Å². The van der Waals surface area contributed by atoms with E-state index in [9.17, 15) is 9.18 Å². The van der Waals surface area contributed by atoms with E-state index in [0.717, 1.165) is 35.6 Å². The minimum Gasteiger partial charge on any atom is -0.494 e. The highest BCUT2D eigenvalue weighted by Crippen LogP contribution is 2.34. The van der Waals surface area contributed by atoms with Crippen molar-refractivity contribution < 1.29 is 23.4 Å². The predicted octanol–water partition coefficient (Wildman–Crippen LogP) is 5.94. The molecule has 0 aromatic heterocycles. The highest BCUT2D eigenvalue weighted by atomic mass is 19.1. The van der Waals surface area contributed by atoms with Crippen molar-refractivity contribution in [3.63, 3.8) is 0 Å². The zero-order chi connectivity index (χ0) is 29.6. The van der Waals surface area contributed by atoms with Gasteiger partial charge in [0.2, 0.25) is 0 Å². The highest BCUT2D eigenvalue weighted by Gasteiger charge is 2.37. The molecule has 0 spiro atoms. The summed E-state index contributed by atoms with van der Waals surface area (Å²) >= 11 is 0. The molecule has 2 aliphatic rings. The number of carbonyl (C=O) groups excluding carboxylic acids is 1. The molecular formula is C33H35FN4O4. The first-order chi connectivity index (χ1) is 20.4. The maximum atomic E-state index is 14.5. The number of esters is 1. The number of hydrogen-bond donors (Lipinski definition) is 0. The molecule has 1 fully saturated rings. The fourth-order valence-electron chi connectivity index (χ4n) is 5.55. The van der Waals surface area contributed by atoms with Crippen LogP contribution in [0.1, 0.15) is 44.2 Å². The first-order valence-electron chi connectivity index (χ1n) is 14.3. The molecular weight excluding hydrogens is 535 g/mol. The lowest BCUT2D eigenvalue weighted by Gasteiger charge is -2.34. The third-order valence-corrected chi connectivity index (χ3v) is 7.87. The van der Waals surface area contributed by atoms with Gasteiger partial charge in [-0.25, -0.2) is 4.39 Å². The molecule has 3 aromatic rings. The number of hydrazone groups is 1. The second kappa shape index (κ2) is 12.9. The quantitative estimate of drug-likeness (QED) is 0.295. The summed E-state index contributed by atoms with van der Waals surface area (Å²) in [5.74, 6) is 0.818. The Morgan fingerprint density at radius 3 is 2.38 bits per heavy atom. The summed E-state index contributed by atoms with van der Waals surface area (Å²) in [5, 5.41) is 15.9. The van der Waals surface area contributed by atoms with Crippen LogP contribution < -0.4 is 19.4 Å². The van der Waals surface area contributed by atoms with Crippen molar-refractivity contribution >= 4 is 23.1 Å². The maximum absolute atomic E-state index is 14.5. The Hall–Kier alpha value is -4.58. The van der Waals surface area contributed by atoms with Gasteiger partial charge in [-0.05, 0) is 61.0 Å². The fourth-order valence-corrected chi connectivity index (χ4v) is 5.55. The number of methoxy groups -OCH3 is 1. The molecule has 5 rings (SSSR count). The highest BCUT2D eigenvalue weighted by molar-refractivity contribution is 6.05. The Morgan fingerprint density at radius 2 is 1.74 bits per heavy atom. The molecule has 3 aromatic carbocycles. The Bertz CT molecular complexity index is 1460. The average molecular weight is 571 g/mol. The smallest absolute Gasteiger partial charge is 0.307 e. The van der Waals surface area contributed by atoms with Crippen LogP contribution in [-0.2, 0) is 9.53 Å². The van der Waals surface area contributed by atoms with Crippen LogP contribution in [-0.4, -0.2) is 50.6 Å². The predicted molar refractivity (Wildman–Crippen MR) is 160 cm³/mol. The van der Waals surface area contributed by atoms with E-state index >= 15 is 0 Å². The molecule has 0 saturated carbocycles. The van der Waals surface area contributed by atoms with Crippen molar-refractivity contribution in [3.05, 3.63) is 83.7 Å². The van der Waals surface area contributed by atoms with Gasteiger partial charge in [0, 0.05) is 37.9 Å². The van der Waals surface area contributed by atoms with Gasteiger partial charge in [-0.2, -0.15) is 10.4 Å². The van der Waals surface area contributed by atoms with Gasteiger partial charge in [0.15, 0.2) is 0 Å². The molecule has 2 heterocycles. The summed E-state index contributed by atoms with van der Waals surface area (Å²) in [5.41, 5.74) is 3.74. The fraction of sp³-hybridized carbons (Fsp3) is 0.364. The monoisotopic (exact) mass is 570 g/mol. The second-order valence-corrected chi connectivity index (χ2v) is 10.5. The largest absolute Gasteiger partial charge is 0.494 e. The number of nitriles is 1. The second-order valence-electron chi connectivity index (χ2n) is 10.5. The van der Waals surface area contributed by atoms with Crippen LogP contribution in [0.25, 0.3) is 0 Å². The van der Waals surface area contributed by atoms with E-state index in [0.29, 0.717) is 36.7 Å². The maximum Gasteiger partial charge on any atom is 0.307 e. The van der Waals surface area contributed by atoms with Crippen LogP contribution in [0.2, 0.25) is 0 Å². The first-order valence-corrected chi connectivity index (χ1v) is 14.3. The van der Waals surface area contributed by atoms with E-state index in [1.165, 1.54) is 13.2 Å². The number of nitrogens with zero attached hydrogens (tertiary/aromatic N) is 4. The molecule has 1 saturated heterocycles. The van der Waals surface area contributed by atoms with Crippen molar-refractivity contribution in [2.75, 3.05) is 36.7 Å². The van der Waals surface area contributed by atoms with E-state index in [1.807, 2.05) is 60.2 Å². The summed E-state index contributed by atoms with van der Waals surface area (Å²) in [4.78, 5) is 14.3. The first kappa shape index (κ1) is 28.9. The lowest BCUT2D eigenvalue weighted by atomic mass is 9.90. The summed E-state index contributed by atoms with van der Waals surface area (Å²) in [6, 6.07) is 21.8. The van der Waals surface area contributed by atoms with Gasteiger partial charge in [0.05, 0.1) is 54.9 Å². The van der Waals surface area contributed by atoms with Crippen LogP contribution in [0.4, 0.5) is 15.8 Å². The van der Waals surface area contributed by atoms with Crippen LogP contribution in [0.3, 0.4) is 0 Å². The van der Waals surface area contributed by atoms with Crippen LogP contribution in [0.15, 0.2) is 71.8 Å². The van der Waals surface area contributed by atoms with E-state index in [-0.39, 0.29) is 36.3 Å². The van der Waals surface area contributed by atoms with Crippen LogP contribution >= 0.6 is 0 Å². The molecule has 8 nitrogen and oxygen atoms in total. The summed E-state index contributed by atoms with van der Waals surface area (Å²) in [6.07, 6.45) is 1.74. The number of ether oxygens (including phenoxy) is 3. The summed E-state index contributed by atoms with van der Waals surface area (Å²) in [6.45, 7) is 5.86. The standard InChI is InChI=1S/C33H35FN4O4/c1-4-41-28-13-14-29(34)31(19-28)37-17-15-27(16-18-37)42-26-11-9-25(10-12-26)38-30(20-32(39)40-3)22(2)33(36-38)24-7-5-23(21-35)6-8-24/h5-14,19,22,27,30H,4,15-18,20H2,1-3H3. The number of anilines is 2. The summed E-state index contributed by atoms with van der Waals surface area (Å²) < 4.78 is 31.3. The van der Waals surface area contributed by atoms with Gasteiger partial charge < -0.3 is 19.1 Å². The molecule has 0 aliphatic carbocycles. The number of hydrogen-bond acceptors (Lipinski definition) is 8. The third kappa shape index (κ3) is 6.33. The zero-order valence-electron chi connectivity index (χ0n) is 24.1. The summed E-state index contributed by atoms with van der Waals surface area (Å²) in [7, 11) is 1.39. The van der Waals surface area contributed by atoms with E-state index in [2.05, 4.69) is 6.07 Å². The minimum atomic E-state index is -0.302. The Balaban J connectivity index is 1.26. The molecule has 0 amide bonds. The van der Waals surface area contributed by atoms with Crippen LogP contribution in [0.5, 0.6) is 11.5 Å². The molecule has 42 heavy (non-hydrogen) atoms. The lowest BCUT2D eigenvalue weighted by Crippen LogP contribution is -2.38. The molecule has 218 valence electrons. The Kier molecular flexibility index (Phi) is 8.91. The Morgan fingerprint density at radius 1 is 1.05 bits per heavy atom. The van der Waals surface area contributed by atoms with Crippen LogP contribution in [0, 0.1) is 23.1 Å². The number of rotatable bonds is 9. The van der Waals surface area contributed by atoms with Crippen molar-refractivity contribution in [2.45, 2.75) is 45.3 Å². The zero-order valence-corrected chi connectivity index (χ0v) is 24.1. The minimum absolute atomic E-state index is 0.0186. The number of benzene rings is 3. The van der Waals surface area contributed by atoms with E-state index in [1.54, 1.807) is 24.3 Å². The number of halogens is 1. The van der Waals surface area contributed by atoms with Gasteiger partial charge in [0.1, 0.15) is 23.4 Å². The number of carbonyl (C=O) groups is 1. The molecule has 2 unspecified atom stereocenters. The number of piperidine rings is 1. The van der Waals surface area contributed by atoms with Gasteiger partial charge >= 0.3 is 5.97 Å². The lowest BCUT2D eigenvalue weighted by molar-refractivity contribution is -0.141. The third-order valence-electron chi connectivity index (χ3n) is 7.87. The van der Waals surface area contributed by atoms with Gasteiger partial charge in [-0.1, -0.05) is 19.1 Å². The molecule has 2 aliphatic heterocycles. The topological polar surface area (TPSA) is 87.4 Å². The van der Waals surface area contributed by atoms with Crippen molar-refractivity contribution in [2.24, 2.45) is 11.0 Å². The molecule has 2 atom stereocenters. The normalized spacial score (nSPS) is 18.8. The van der Waals surface area contributed by atoms with Crippen molar-refractivity contribution in [1.82, 2.24) is 0 Å². The SMILES string of the molecule is CCOc1ccc(F)c(N2CCC(Oc3ccc(N4N=C(c5ccc(C#N)cc5)C(C)C4CC(=O)OC)cc3)CC2)c1. The van der Waals surface area contributed by atoms with Crippen molar-refractivity contribution in [1.29, 1.82) is 5.26 Å². The Labute approximate surface area is 245 Å². The molecule has 0 radical (unpaired) electrons. The average Bonchev–Trinajstić information content (AvgIpc) is 3.34. The van der Waals surface area contributed by atoms with Gasteiger partial charge in [0.25, 0.3) is 0 Å². The van der Waals surface area contributed by atoms with E-state index in [4.69, 9.17) is 24.6 Å². The molecule has 9 heteroatoms. The van der Waals surface area contributed by atoms with E-state index < -0.39 is 0 Å². The van der Waals surface area contributed by atoms with Gasteiger partial charge in [-0.15, -0.1) is 0 Å².